The Labute approximate surface area is 70.0 Å². The summed E-state index contributed by atoms with van der Waals surface area (Å²) >= 11 is 0. The van der Waals surface area contributed by atoms with Gasteiger partial charge < -0.3 is 10.2 Å². The molecule has 1 N–H and O–H groups in total. The molecule has 2 nitrogen and oxygen atoms in total. The average Bonchev–Trinajstić information content (AvgIpc) is 1.93. The second kappa shape index (κ2) is 4.07. The highest BCUT2D eigenvalue weighted by atomic mass is 15.1. The Balaban J connectivity index is 2.17. The lowest BCUT2D eigenvalue weighted by atomic mass is 10.1. The molecule has 1 fully saturated rings. The monoisotopic (exact) mass is 155 g/mol. The first-order chi connectivity index (χ1) is 5.18. The van der Waals surface area contributed by atoms with Crippen LogP contribution in [0.2, 0.25) is 0 Å². The van der Waals surface area contributed by atoms with Crippen LogP contribution >= 0.6 is 0 Å². The van der Waals surface area contributed by atoms with Crippen molar-refractivity contribution in [3.8, 4) is 0 Å². The zero-order valence-electron chi connectivity index (χ0n) is 7.64. The summed E-state index contributed by atoms with van der Waals surface area (Å²) < 4.78 is 0. The van der Waals surface area contributed by atoms with Gasteiger partial charge in [0.15, 0.2) is 0 Å². The van der Waals surface area contributed by atoms with Crippen molar-refractivity contribution < 1.29 is 0 Å². The van der Waals surface area contributed by atoms with Crippen LogP contribution in [-0.4, -0.2) is 30.1 Å². The van der Waals surface area contributed by atoms with E-state index in [0.717, 1.165) is 19.1 Å². The molecule has 1 aliphatic heterocycles. The molecule has 0 saturated carbocycles. The number of nitrogens with one attached hydrogen (secondary N) is 1. The van der Waals surface area contributed by atoms with E-state index in [4.69, 9.17) is 0 Å². The van der Waals surface area contributed by atoms with Gasteiger partial charge in [0.1, 0.15) is 0 Å². The van der Waals surface area contributed by atoms with Crippen LogP contribution in [0.25, 0.3) is 0 Å². The zero-order chi connectivity index (χ0) is 8.27. The highest BCUT2D eigenvalue weighted by molar-refractivity contribution is 4.77. The van der Waals surface area contributed by atoms with Crippen molar-refractivity contribution in [2.45, 2.75) is 38.8 Å². The highest BCUT2D eigenvalue weighted by Gasteiger charge is 2.16. The van der Waals surface area contributed by atoms with Gasteiger partial charge in [-0.25, -0.2) is 0 Å². The Hall–Kier alpha value is -0.0800. The molecule has 0 bridgehead atoms. The quantitative estimate of drug-likeness (QED) is 0.645. The van der Waals surface area contributed by atoms with Gasteiger partial charge in [-0.05, 0) is 25.9 Å². The lowest BCUT2D eigenvalue weighted by Gasteiger charge is -2.30. The van der Waals surface area contributed by atoms with Crippen molar-refractivity contribution in [2.75, 3.05) is 13.1 Å². The van der Waals surface area contributed by atoms with Crippen LogP contribution in [0.15, 0.2) is 0 Å². The Bertz CT molecular complexity index is 104. The van der Waals surface area contributed by atoms with Crippen LogP contribution in [0.4, 0.5) is 0 Å². The van der Waals surface area contributed by atoms with Crippen molar-refractivity contribution in [1.82, 2.24) is 10.2 Å². The van der Waals surface area contributed by atoms with Gasteiger partial charge in [0.05, 0.1) is 0 Å². The van der Waals surface area contributed by atoms with E-state index in [2.05, 4.69) is 31.1 Å². The fraction of sp³-hybridized carbons (Fsp3) is 0.889. The maximum atomic E-state index is 3.92. The van der Waals surface area contributed by atoms with Gasteiger partial charge in [-0.1, -0.05) is 13.8 Å². The van der Waals surface area contributed by atoms with Gasteiger partial charge >= 0.3 is 0 Å². The lowest BCUT2D eigenvalue weighted by Crippen LogP contribution is -2.42. The second-order valence-corrected chi connectivity index (χ2v) is 3.71. The molecule has 0 aromatic rings. The standard InChI is InChI=1S/C9H19N2/c1-8(2)10-9-4-6-11(3)7-5-9/h8-10H,3-7H2,1-2H3. The first-order valence-electron chi connectivity index (χ1n) is 4.50. The van der Waals surface area contributed by atoms with Crippen LogP contribution in [0.3, 0.4) is 0 Å². The largest absolute Gasteiger partial charge is 0.312 e. The summed E-state index contributed by atoms with van der Waals surface area (Å²) in [4.78, 5) is 2.15. The summed E-state index contributed by atoms with van der Waals surface area (Å²) in [5, 5.41) is 3.55. The first kappa shape index (κ1) is 9.01. The minimum atomic E-state index is 0.622. The maximum absolute atomic E-state index is 3.92. The van der Waals surface area contributed by atoms with Crippen molar-refractivity contribution in [3.05, 3.63) is 7.05 Å². The van der Waals surface area contributed by atoms with Crippen molar-refractivity contribution in [2.24, 2.45) is 0 Å². The van der Waals surface area contributed by atoms with E-state index in [1.54, 1.807) is 0 Å². The molecule has 0 unspecified atom stereocenters. The summed E-state index contributed by atoms with van der Waals surface area (Å²) in [7, 11) is 3.92. The van der Waals surface area contributed by atoms with Crippen LogP contribution < -0.4 is 5.32 Å². The van der Waals surface area contributed by atoms with Gasteiger partial charge in [-0.3, -0.25) is 0 Å². The third-order valence-electron chi connectivity index (χ3n) is 2.16. The van der Waals surface area contributed by atoms with E-state index in [1.807, 2.05) is 0 Å². The fourth-order valence-corrected chi connectivity index (χ4v) is 1.57. The number of likely N-dealkylation sites (tertiary alicyclic amines) is 1. The molecule has 0 aromatic heterocycles. The lowest BCUT2D eigenvalue weighted by molar-refractivity contribution is 0.248. The van der Waals surface area contributed by atoms with Gasteiger partial charge in [-0.15, -0.1) is 0 Å². The predicted octanol–water partition coefficient (Wildman–Crippen LogP) is 1.24. The molecule has 0 aliphatic carbocycles. The zero-order valence-corrected chi connectivity index (χ0v) is 7.64. The Morgan fingerprint density at radius 1 is 1.36 bits per heavy atom. The van der Waals surface area contributed by atoms with E-state index >= 15 is 0 Å². The smallest absolute Gasteiger partial charge is 0.0109 e. The third kappa shape index (κ3) is 3.21. The summed E-state index contributed by atoms with van der Waals surface area (Å²) in [6.07, 6.45) is 2.50. The van der Waals surface area contributed by atoms with E-state index < -0.39 is 0 Å². The summed E-state index contributed by atoms with van der Waals surface area (Å²) in [5.41, 5.74) is 0. The second-order valence-electron chi connectivity index (χ2n) is 3.71. The normalized spacial score (nSPS) is 22.9. The molecule has 65 valence electrons. The van der Waals surface area contributed by atoms with Crippen LogP contribution in [0.5, 0.6) is 0 Å². The molecule has 11 heavy (non-hydrogen) atoms. The number of hydrogen-bond donors (Lipinski definition) is 1. The number of hydrogen-bond acceptors (Lipinski definition) is 2. The SMILES string of the molecule is [CH2]N1CCC(NC(C)C)CC1. The highest BCUT2D eigenvalue weighted by Crippen LogP contribution is 2.09. The molecule has 1 rings (SSSR count). The molecule has 1 radical (unpaired) electrons. The molecular formula is C9H19N2. The average molecular weight is 155 g/mol. The Morgan fingerprint density at radius 2 is 1.91 bits per heavy atom. The topological polar surface area (TPSA) is 15.3 Å². The fourth-order valence-electron chi connectivity index (χ4n) is 1.57. The van der Waals surface area contributed by atoms with Crippen LogP contribution in [0.1, 0.15) is 26.7 Å². The van der Waals surface area contributed by atoms with Crippen LogP contribution in [-0.2, 0) is 0 Å². The predicted molar refractivity (Wildman–Crippen MR) is 48.2 cm³/mol. The van der Waals surface area contributed by atoms with E-state index in [1.165, 1.54) is 12.8 Å². The molecule has 0 spiro atoms. The molecule has 1 saturated heterocycles. The maximum Gasteiger partial charge on any atom is 0.0109 e. The molecule has 0 atom stereocenters. The van der Waals surface area contributed by atoms with E-state index in [9.17, 15) is 0 Å². The van der Waals surface area contributed by atoms with Gasteiger partial charge in [0.25, 0.3) is 0 Å². The molecule has 0 amide bonds. The number of piperidine rings is 1. The summed E-state index contributed by atoms with van der Waals surface area (Å²) in [6, 6.07) is 1.35. The third-order valence-corrected chi connectivity index (χ3v) is 2.16. The Kier molecular flexibility index (Phi) is 3.34. The van der Waals surface area contributed by atoms with E-state index in [-0.39, 0.29) is 0 Å². The number of nitrogens with zero attached hydrogens (tertiary/aromatic N) is 1. The van der Waals surface area contributed by atoms with Gasteiger partial charge in [-0.2, -0.15) is 0 Å². The van der Waals surface area contributed by atoms with Crippen molar-refractivity contribution in [3.63, 3.8) is 0 Å². The minimum Gasteiger partial charge on any atom is -0.312 e. The van der Waals surface area contributed by atoms with Crippen molar-refractivity contribution in [1.29, 1.82) is 0 Å². The minimum absolute atomic E-state index is 0.622. The molecule has 0 aromatic carbocycles. The molecule has 1 aliphatic rings. The Morgan fingerprint density at radius 3 is 2.36 bits per heavy atom. The van der Waals surface area contributed by atoms with Gasteiger partial charge in [0, 0.05) is 19.1 Å². The molecule has 2 heteroatoms. The van der Waals surface area contributed by atoms with Crippen molar-refractivity contribution >= 4 is 0 Å². The molecular weight excluding hydrogens is 136 g/mol. The van der Waals surface area contributed by atoms with Gasteiger partial charge in [0.2, 0.25) is 0 Å². The first-order valence-corrected chi connectivity index (χ1v) is 4.50. The van der Waals surface area contributed by atoms with E-state index in [0.29, 0.717) is 6.04 Å². The number of rotatable bonds is 2. The summed E-state index contributed by atoms with van der Waals surface area (Å²) in [5.74, 6) is 0. The molecule has 1 heterocycles. The summed E-state index contributed by atoms with van der Waals surface area (Å²) in [6.45, 7) is 6.70. The van der Waals surface area contributed by atoms with Crippen LogP contribution in [0, 0.1) is 7.05 Å².